The SMILES string of the molecule is Cn1cc2c(n1)COc1c-2cc(C(N)=O)c(-c2c(Cl)c(F)cc3c2C[C@](c2ccccc2)([C@@H]2CCCCN2)O3)c1F. The van der Waals surface area contributed by atoms with Gasteiger partial charge < -0.3 is 20.5 Å². The number of benzene rings is 3. The van der Waals surface area contributed by atoms with Crippen molar-refractivity contribution in [2.24, 2.45) is 12.8 Å². The fourth-order valence-corrected chi connectivity index (χ4v) is 6.87. The number of carbonyl (C=O) groups is 1. The van der Waals surface area contributed by atoms with Crippen LogP contribution < -0.4 is 20.5 Å². The molecule has 210 valence electrons. The maximum absolute atomic E-state index is 16.6. The summed E-state index contributed by atoms with van der Waals surface area (Å²) in [6.45, 7) is 0.859. The lowest BCUT2D eigenvalue weighted by molar-refractivity contribution is 0.0352. The topological polar surface area (TPSA) is 91.4 Å². The number of halogens is 3. The zero-order valence-electron chi connectivity index (χ0n) is 22.3. The van der Waals surface area contributed by atoms with Gasteiger partial charge in [-0.15, -0.1) is 0 Å². The molecular formula is C31H27ClF2N4O3. The summed E-state index contributed by atoms with van der Waals surface area (Å²) in [5.74, 6) is -2.32. The van der Waals surface area contributed by atoms with E-state index in [2.05, 4.69) is 10.4 Å². The highest BCUT2D eigenvalue weighted by Gasteiger charge is 2.49. The molecule has 2 atom stereocenters. The van der Waals surface area contributed by atoms with E-state index in [-0.39, 0.29) is 52.3 Å². The zero-order chi connectivity index (χ0) is 28.5. The number of nitrogens with one attached hydrogen (secondary N) is 1. The van der Waals surface area contributed by atoms with Crippen LogP contribution in [0.3, 0.4) is 0 Å². The van der Waals surface area contributed by atoms with Gasteiger partial charge in [-0.2, -0.15) is 5.10 Å². The molecule has 1 aromatic heterocycles. The van der Waals surface area contributed by atoms with Crippen LogP contribution in [0, 0.1) is 11.6 Å². The van der Waals surface area contributed by atoms with Crippen molar-refractivity contribution in [2.45, 2.75) is 43.9 Å². The summed E-state index contributed by atoms with van der Waals surface area (Å²) < 4.78 is 46.2. The summed E-state index contributed by atoms with van der Waals surface area (Å²) in [4.78, 5) is 12.9. The zero-order valence-corrected chi connectivity index (χ0v) is 23.0. The molecule has 41 heavy (non-hydrogen) atoms. The van der Waals surface area contributed by atoms with Crippen LogP contribution in [-0.4, -0.2) is 28.3 Å². The Balaban J connectivity index is 1.46. The van der Waals surface area contributed by atoms with Crippen LogP contribution in [0.2, 0.25) is 5.02 Å². The first-order chi connectivity index (χ1) is 19.8. The molecule has 0 radical (unpaired) electrons. The van der Waals surface area contributed by atoms with Crippen molar-refractivity contribution < 1.29 is 23.0 Å². The van der Waals surface area contributed by atoms with E-state index in [0.29, 0.717) is 22.4 Å². The number of aryl methyl sites for hydroxylation is 1. The number of ether oxygens (including phenoxy) is 2. The number of hydrogen-bond acceptors (Lipinski definition) is 5. The minimum absolute atomic E-state index is 0.0397. The number of fused-ring (bicyclic) bond motifs is 4. The van der Waals surface area contributed by atoms with Crippen molar-refractivity contribution in [3.8, 4) is 33.8 Å². The summed E-state index contributed by atoms with van der Waals surface area (Å²) in [5.41, 5.74) is 7.64. The lowest BCUT2D eigenvalue weighted by atomic mass is 9.78. The van der Waals surface area contributed by atoms with Gasteiger partial charge in [0.15, 0.2) is 17.2 Å². The predicted molar refractivity (Wildman–Crippen MR) is 150 cm³/mol. The minimum atomic E-state index is -0.894. The summed E-state index contributed by atoms with van der Waals surface area (Å²) in [5, 5.41) is 7.63. The number of carbonyl (C=O) groups excluding carboxylic acids is 1. The van der Waals surface area contributed by atoms with E-state index in [0.717, 1.165) is 31.4 Å². The van der Waals surface area contributed by atoms with Crippen molar-refractivity contribution in [1.29, 1.82) is 0 Å². The number of amides is 1. The standard InChI is InChI=1S/C31H27ClF2N4O3/c1-38-14-20-17-11-18(30(35)39)26(28(34)29(17)40-15-22(20)37-38)25-19-13-31(16-7-3-2-4-8-16,24-9-5-6-10-36-24)41-23(19)12-21(33)27(25)32/h2-4,7-8,11-12,14,24,36H,5-6,9-10,13,15H2,1H3,(H2,35,39)/t24-,31-/m0/s1. The van der Waals surface area contributed by atoms with E-state index in [9.17, 15) is 4.79 Å². The summed E-state index contributed by atoms with van der Waals surface area (Å²) in [6, 6.07) is 12.4. The Kier molecular flexibility index (Phi) is 6.06. The molecular weight excluding hydrogens is 550 g/mol. The molecule has 7 nitrogen and oxygen atoms in total. The molecule has 3 aliphatic heterocycles. The number of piperidine rings is 1. The minimum Gasteiger partial charge on any atom is -0.483 e. The Morgan fingerprint density at radius 1 is 1.17 bits per heavy atom. The fourth-order valence-electron chi connectivity index (χ4n) is 6.61. The van der Waals surface area contributed by atoms with Gasteiger partial charge in [0.1, 0.15) is 23.9 Å². The highest BCUT2D eigenvalue weighted by molar-refractivity contribution is 6.34. The number of rotatable bonds is 4. The molecule has 4 aromatic rings. The first kappa shape index (κ1) is 26.0. The number of aromatic nitrogens is 2. The van der Waals surface area contributed by atoms with Crippen LogP contribution in [0.25, 0.3) is 22.3 Å². The molecule has 1 fully saturated rings. The third-order valence-corrected chi connectivity index (χ3v) is 8.81. The van der Waals surface area contributed by atoms with E-state index < -0.39 is 23.1 Å². The van der Waals surface area contributed by atoms with Crippen molar-refractivity contribution in [1.82, 2.24) is 15.1 Å². The second-order valence-corrected chi connectivity index (χ2v) is 11.2. The van der Waals surface area contributed by atoms with Gasteiger partial charge in [0.05, 0.1) is 16.6 Å². The van der Waals surface area contributed by atoms with E-state index in [1.165, 1.54) is 12.1 Å². The highest BCUT2D eigenvalue weighted by Crippen LogP contribution is 2.53. The van der Waals surface area contributed by atoms with Gasteiger partial charge in [0.2, 0.25) is 5.91 Å². The van der Waals surface area contributed by atoms with Gasteiger partial charge in [0.25, 0.3) is 0 Å². The average Bonchev–Trinajstić information content (AvgIpc) is 3.56. The van der Waals surface area contributed by atoms with Gasteiger partial charge in [-0.1, -0.05) is 48.4 Å². The second kappa shape index (κ2) is 9.56. The molecule has 0 spiro atoms. The third kappa shape index (κ3) is 3.94. The average molecular weight is 577 g/mol. The molecule has 3 aliphatic rings. The predicted octanol–water partition coefficient (Wildman–Crippen LogP) is 5.65. The largest absolute Gasteiger partial charge is 0.483 e. The molecule has 3 N–H and O–H groups in total. The van der Waals surface area contributed by atoms with Gasteiger partial charge in [-0.05, 0) is 31.0 Å². The maximum atomic E-state index is 16.6. The lowest BCUT2D eigenvalue weighted by Crippen LogP contribution is -2.53. The van der Waals surface area contributed by atoms with Crippen LogP contribution >= 0.6 is 11.6 Å². The van der Waals surface area contributed by atoms with Gasteiger partial charge in [-0.25, -0.2) is 8.78 Å². The molecule has 10 heteroatoms. The van der Waals surface area contributed by atoms with E-state index in [1.807, 2.05) is 30.3 Å². The number of hydrogen-bond donors (Lipinski definition) is 2. The van der Waals surface area contributed by atoms with E-state index in [1.54, 1.807) is 17.9 Å². The van der Waals surface area contributed by atoms with Crippen LogP contribution in [-0.2, 0) is 25.7 Å². The Morgan fingerprint density at radius 2 is 1.98 bits per heavy atom. The quantitative estimate of drug-likeness (QED) is 0.328. The van der Waals surface area contributed by atoms with Crippen LogP contribution in [0.15, 0.2) is 48.7 Å². The Bertz CT molecular complexity index is 1720. The highest BCUT2D eigenvalue weighted by atomic mass is 35.5. The Morgan fingerprint density at radius 3 is 2.71 bits per heavy atom. The third-order valence-electron chi connectivity index (χ3n) is 8.44. The molecule has 0 bridgehead atoms. The molecule has 4 heterocycles. The van der Waals surface area contributed by atoms with Crippen molar-refractivity contribution in [2.75, 3.05) is 6.54 Å². The molecule has 0 saturated carbocycles. The molecule has 1 amide bonds. The van der Waals surface area contributed by atoms with Crippen molar-refractivity contribution in [3.63, 3.8) is 0 Å². The Labute approximate surface area is 240 Å². The molecule has 1 saturated heterocycles. The van der Waals surface area contributed by atoms with Crippen LogP contribution in [0.5, 0.6) is 11.5 Å². The Hall–Kier alpha value is -3.95. The molecule has 7 rings (SSSR count). The van der Waals surface area contributed by atoms with Crippen LogP contribution in [0.1, 0.15) is 46.4 Å². The van der Waals surface area contributed by atoms with E-state index in [4.69, 9.17) is 26.8 Å². The maximum Gasteiger partial charge on any atom is 0.249 e. The van der Waals surface area contributed by atoms with Crippen molar-refractivity contribution >= 4 is 17.5 Å². The van der Waals surface area contributed by atoms with Gasteiger partial charge in [0, 0.05) is 53.5 Å². The number of nitrogens with two attached hydrogens (primary N) is 1. The molecule has 3 aromatic carbocycles. The first-order valence-corrected chi connectivity index (χ1v) is 14.0. The van der Waals surface area contributed by atoms with E-state index >= 15 is 8.78 Å². The number of primary amides is 1. The van der Waals surface area contributed by atoms with Crippen LogP contribution in [0.4, 0.5) is 8.78 Å². The smallest absolute Gasteiger partial charge is 0.249 e. The first-order valence-electron chi connectivity index (χ1n) is 13.6. The molecule has 0 unspecified atom stereocenters. The second-order valence-electron chi connectivity index (χ2n) is 10.9. The summed E-state index contributed by atoms with van der Waals surface area (Å²) in [6.07, 6.45) is 4.90. The van der Waals surface area contributed by atoms with Gasteiger partial charge in [-0.3, -0.25) is 9.48 Å². The fraction of sp³-hybridized carbons (Fsp3) is 0.290. The summed E-state index contributed by atoms with van der Waals surface area (Å²) >= 11 is 6.63. The molecule has 0 aliphatic carbocycles. The lowest BCUT2D eigenvalue weighted by Gasteiger charge is -2.40. The normalized spacial score (nSPS) is 20.9. The van der Waals surface area contributed by atoms with Crippen molar-refractivity contribution in [3.05, 3.63) is 87.7 Å². The monoisotopic (exact) mass is 576 g/mol. The number of nitrogens with zero attached hydrogens (tertiary/aromatic N) is 2. The van der Waals surface area contributed by atoms with Gasteiger partial charge >= 0.3 is 0 Å². The summed E-state index contributed by atoms with van der Waals surface area (Å²) in [7, 11) is 1.74.